The number of carbonyl (C=O) groups is 3. The van der Waals surface area contributed by atoms with Crippen molar-refractivity contribution in [2.45, 2.75) is 110 Å². The van der Waals surface area contributed by atoms with Crippen LogP contribution in [0.25, 0.3) is 0 Å². The smallest absolute Gasteiger partial charge is 0.261 e. The molecule has 0 fully saturated rings. The zero-order chi connectivity index (χ0) is 21.0. The van der Waals surface area contributed by atoms with Gasteiger partial charge in [-0.1, -0.05) is 96.8 Å². The summed E-state index contributed by atoms with van der Waals surface area (Å²) in [7, 11) is 0. The molecule has 0 rings (SSSR count). The van der Waals surface area contributed by atoms with Gasteiger partial charge in [0.15, 0.2) is 0 Å². The highest BCUT2D eigenvalue weighted by molar-refractivity contribution is 6.11. The van der Waals surface area contributed by atoms with Crippen molar-refractivity contribution in [2.24, 2.45) is 0 Å². The average Bonchev–Trinajstić information content (AvgIpc) is 2.70. The largest absolute Gasteiger partial charge is 0.387 e. The minimum Gasteiger partial charge on any atom is -0.387 e. The molecule has 0 spiro atoms. The van der Waals surface area contributed by atoms with Crippen molar-refractivity contribution in [1.29, 1.82) is 0 Å². The van der Waals surface area contributed by atoms with Gasteiger partial charge < -0.3 is 10.2 Å². The van der Waals surface area contributed by atoms with Crippen molar-refractivity contribution in [3.63, 3.8) is 0 Å². The van der Waals surface area contributed by atoms with Crippen LogP contribution in [0.5, 0.6) is 0 Å². The van der Waals surface area contributed by atoms with Crippen molar-refractivity contribution < 1.29 is 24.6 Å². The lowest BCUT2D eigenvalue weighted by molar-refractivity contribution is -0.156. The highest BCUT2D eigenvalue weighted by Gasteiger charge is 2.26. The lowest BCUT2D eigenvalue weighted by Gasteiger charge is -2.16. The van der Waals surface area contributed by atoms with Gasteiger partial charge in [0, 0.05) is 6.42 Å². The second-order valence-corrected chi connectivity index (χ2v) is 7.53. The van der Waals surface area contributed by atoms with Crippen LogP contribution in [-0.2, 0) is 14.4 Å². The van der Waals surface area contributed by atoms with E-state index in [1.165, 1.54) is 70.6 Å². The molecule has 0 aromatic rings. The van der Waals surface area contributed by atoms with Gasteiger partial charge in [0.1, 0.15) is 13.2 Å². The quantitative estimate of drug-likeness (QED) is 0.338. The lowest BCUT2D eigenvalue weighted by atomic mass is 10.0. The summed E-state index contributed by atoms with van der Waals surface area (Å²) in [6.45, 7) is 0.405. The zero-order valence-electron chi connectivity index (χ0n) is 17.8. The summed E-state index contributed by atoms with van der Waals surface area (Å²) < 4.78 is 0. The van der Waals surface area contributed by atoms with Gasteiger partial charge in [-0.25, -0.2) is 4.90 Å². The summed E-state index contributed by atoms with van der Waals surface area (Å²) in [5.74, 6) is -2.61. The molecule has 0 aliphatic heterocycles. The third kappa shape index (κ3) is 13.8. The predicted octanol–water partition coefficient (Wildman–Crippen LogP) is 4.11. The number of rotatable bonds is 18. The fourth-order valence-electron chi connectivity index (χ4n) is 3.32. The van der Waals surface area contributed by atoms with Gasteiger partial charge in [0.05, 0.1) is 0 Å². The van der Waals surface area contributed by atoms with Crippen molar-refractivity contribution in [2.75, 3.05) is 13.2 Å². The molecule has 0 aromatic carbocycles. The molecule has 0 saturated heterocycles. The monoisotopic (exact) mass is 399 g/mol. The molecule has 164 valence electrons. The van der Waals surface area contributed by atoms with E-state index in [9.17, 15) is 14.4 Å². The maximum Gasteiger partial charge on any atom is 0.261 e. The summed E-state index contributed by atoms with van der Waals surface area (Å²) in [5.41, 5.74) is 0. The van der Waals surface area contributed by atoms with Crippen LogP contribution < -0.4 is 0 Å². The highest BCUT2D eigenvalue weighted by Crippen LogP contribution is 2.14. The van der Waals surface area contributed by atoms with E-state index < -0.39 is 30.9 Å². The Balaban J connectivity index is 3.55. The molecule has 0 radical (unpaired) electrons. The predicted molar refractivity (Wildman–Crippen MR) is 111 cm³/mol. The first-order valence-electron chi connectivity index (χ1n) is 11.2. The van der Waals surface area contributed by atoms with Crippen LogP contribution in [0.3, 0.4) is 0 Å². The van der Waals surface area contributed by atoms with E-state index in [-0.39, 0.29) is 6.42 Å². The number of nitrogens with zero attached hydrogens (tertiary/aromatic N) is 1. The Morgan fingerprint density at radius 3 is 1.18 bits per heavy atom. The molecule has 2 N–H and O–H groups in total. The van der Waals surface area contributed by atoms with Crippen LogP contribution in [0.4, 0.5) is 0 Å². The molecule has 28 heavy (non-hydrogen) atoms. The van der Waals surface area contributed by atoms with Crippen LogP contribution >= 0.6 is 0 Å². The van der Waals surface area contributed by atoms with Crippen molar-refractivity contribution in [1.82, 2.24) is 4.90 Å². The standard InChI is InChI=1S/C22H41NO5/c1-2-3-4-5-6-7-8-9-10-11-12-13-14-15-16-17-20(26)23(21(27)18-24)22(28)19-25/h24-25H,2-19H2,1H3. The number of aliphatic hydroxyl groups excluding tert-OH is 2. The van der Waals surface area contributed by atoms with Crippen molar-refractivity contribution in [3.05, 3.63) is 0 Å². The van der Waals surface area contributed by atoms with Crippen LogP contribution in [0, 0.1) is 0 Å². The molecule has 0 heterocycles. The topological polar surface area (TPSA) is 94.9 Å². The fourth-order valence-corrected chi connectivity index (χ4v) is 3.32. The number of aliphatic hydroxyl groups is 2. The molecule has 6 nitrogen and oxygen atoms in total. The van der Waals surface area contributed by atoms with Crippen LogP contribution in [0.2, 0.25) is 0 Å². The van der Waals surface area contributed by atoms with E-state index in [2.05, 4.69) is 6.92 Å². The first-order chi connectivity index (χ1) is 13.6. The number of imide groups is 3. The summed E-state index contributed by atoms with van der Waals surface area (Å²) in [5, 5.41) is 17.7. The van der Waals surface area contributed by atoms with Gasteiger partial charge in [-0.2, -0.15) is 0 Å². The molecule has 3 amide bonds. The molecule has 6 heteroatoms. The Labute approximate surface area is 170 Å². The second kappa shape index (κ2) is 19.1. The molecule has 0 atom stereocenters. The number of carbonyl (C=O) groups excluding carboxylic acids is 3. The summed E-state index contributed by atoms with van der Waals surface area (Å²) in [4.78, 5) is 35.2. The Morgan fingerprint density at radius 1 is 0.536 bits per heavy atom. The third-order valence-electron chi connectivity index (χ3n) is 5.01. The number of hydrogen-bond donors (Lipinski definition) is 2. The highest BCUT2D eigenvalue weighted by atomic mass is 16.3. The summed E-state index contributed by atoms with van der Waals surface area (Å²) in [6.07, 6.45) is 18.4. The average molecular weight is 400 g/mol. The van der Waals surface area contributed by atoms with Crippen LogP contribution in [-0.4, -0.2) is 46.0 Å². The molecule has 0 unspecified atom stereocenters. The van der Waals surface area contributed by atoms with Gasteiger partial charge >= 0.3 is 0 Å². The Bertz CT molecular complexity index is 409. The minimum atomic E-state index is -0.981. The fraction of sp³-hybridized carbons (Fsp3) is 0.864. The van der Waals surface area contributed by atoms with E-state index in [0.717, 1.165) is 19.3 Å². The SMILES string of the molecule is CCCCCCCCCCCCCCCCCC(=O)N(C(=O)CO)C(=O)CO. The maximum atomic E-state index is 11.9. The van der Waals surface area contributed by atoms with Crippen LogP contribution in [0.15, 0.2) is 0 Å². The Kier molecular flexibility index (Phi) is 18.2. The van der Waals surface area contributed by atoms with E-state index in [4.69, 9.17) is 10.2 Å². The first kappa shape index (κ1) is 26.7. The molecular formula is C22H41NO5. The Hall–Kier alpha value is -1.27. The van der Waals surface area contributed by atoms with E-state index >= 15 is 0 Å². The minimum absolute atomic E-state index is 0.0791. The molecule has 0 aliphatic carbocycles. The zero-order valence-corrected chi connectivity index (χ0v) is 17.8. The third-order valence-corrected chi connectivity index (χ3v) is 5.01. The molecule has 0 bridgehead atoms. The summed E-state index contributed by atoms with van der Waals surface area (Å²) >= 11 is 0. The molecule has 0 aromatic heterocycles. The first-order valence-corrected chi connectivity index (χ1v) is 11.2. The number of amides is 3. The van der Waals surface area contributed by atoms with Gasteiger partial charge in [-0.3, -0.25) is 14.4 Å². The van der Waals surface area contributed by atoms with Crippen LogP contribution in [0.1, 0.15) is 110 Å². The molecular weight excluding hydrogens is 358 g/mol. The van der Waals surface area contributed by atoms with E-state index in [0.29, 0.717) is 11.3 Å². The molecule has 0 saturated carbocycles. The summed E-state index contributed by atoms with van der Waals surface area (Å²) in [6, 6.07) is 0. The maximum absolute atomic E-state index is 11.9. The molecule has 0 aliphatic rings. The number of unbranched alkanes of at least 4 members (excludes halogenated alkanes) is 14. The Morgan fingerprint density at radius 2 is 0.857 bits per heavy atom. The van der Waals surface area contributed by atoms with Gasteiger partial charge in [0.25, 0.3) is 11.8 Å². The lowest BCUT2D eigenvalue weighted by Crippen LogP contribution is -2.44. The normalized spacial score (nSPS) is 10.8. The van der Waals surface area contributed by atoms with Gasteiger partial charge in [-0.05, 0) is 6.42 Å². The van der Waals surface area contributed by atoms with Crippen molar-refractivity contribution >= 4 is 17.7 Å². The second-order valence-electron chi connectivity index (χ2n) is 7.53. The van der Waals surface area contributed by atoms with E-state index in [1.807, 2.05) is 0 Å². The van der Waals surface area contributed by atoms with Crippen molar-refractivity contribution in [3.8, 4) is 0 Å². The van der Waals surface area contributed by atoms with Gasteiger partial charge in [-0.15, -0.1) is 0 Å². The number of hydrogen-bond acceptors (Lipinski definition) is 5. The van der Waals surface area contributed by atoms with E-state index in [1.54, 1.807) is 0 Å². The van der Waals surface area contributed by atoms with Gasteiger partial charge in [0.2, 0.25) is 5.91 Å².